The van der Waals surface area contributed by atoms with Gasteiger partial charge in [-0.3, -0.25) is 19.7 Å². The van der Waals surface area contributed by atoms with E-state index in [2.05, 4.69) is 10.0 Å². The summed E-state index contributed by atoms with van der Waals surface area (Å²) >= 11 is 12.8. The van der Waals surface area contributed by atoms with Gasteiger partial charge in [0.2, 0.25) is 10.0 Å². The van der Waals surface area contributed by atoms with Gasteiger partial charge < -0.3 is 4.90 Å². The van der Waals surface area contributed by atoms with Gasteiger partial charge in [0.15, 0.2) is 0 Å². The molecule has 8 nitrogen and oxygen atoms in total. The van der Waals surface area contributed by atoms with Gasteiger partial charge in [-0.15, -0.1) is 0 Å². The molecule has 6 rings (SSSR count). The molecule has 3 amide bonds. The number of rotatable bonds is 6. The van der Waals surface area contributed by atoms with Crippen LogP contribution in [-0.2, 0) is 32.7 Å². The zero-order chi connectivity index (χ0) is 28.9. The highest BCUT2D eigenvalue weighted by molar-refractivity contribution is 8.18. The summed E-state index contributed by atoms with van der Waals surface area (Å²) in [5, 5.41) is 4.24. The molecule has 0 saturated carbocycles. The summed E-state index contributed by atoms with van der Waals surface area (Å²) in [7, 11) is -4.02. The molecule has 0 unspecified atom stereocenters. The summed E-state index contributed by atoms with van der Waals surface area (Å²) in [5.74, 6) is -1.26. The van der Waals surface area contributed by atoms with Crippen molar-refractivity contribution in [1.29, 1.82) is 0 Å². The normalized spacial score (nSPS) is 16.9. The topological polar surface area (TPSA) is 113 Å². The Morgan fingerprint density at radius 2 is 1.59 bits per heavy atom. The van der Waals surface area contributed by atoms with Gasteiger partial charge in [0.25, 0.3) is 17.1 Å². The number of hydrogen-bond acceptors (Lipinski definition) is 6. The summed E-state index contributed by atoms with van der Waals surface area (Å²) in [6, 6.07) is 22.7. The van der Waals surface area contributed by atoms with Crippen molar-refractivity contribution in [2.75, 3.05) is 4.90 Å². The number of carbonyl (C=O) groups is 3. The number of nitrogens with one attached hydrogen (secondary N) is 2. The Balaban J connectivity index is 1.36. The zero-order valence-corrected chi connectivity index (χ0v) is 24.1. The fourth-order valence-electron chi connectivity index (χ4n) is 4.76. The van der Waals surface area contributed by atoms with Crippen LogP contribution in [-0.4, -0.2) is 25.5 Å². The molecule has 0 aliphatic carbocycles. The third-order valence-corrected chi connectivity index (χ3v) is 9.77. The summed E-state index contributed by atoms with van der Waals surface area (Å²) in [4.78, 5) is 39.4. The summed E-state index contributed by atoms with van der Waals surface area (Å²) in [6.07, 6.45) is 0. The van der Waals surface area contributed by atoms with Crippen molar-refractivity contribution >= 4 is 84.1 Å². The quantitative estimate of drug-likeness (QED) is 0.260. The number of sulfonamides is 1. The Morgan fingerprint density at radius 1 is 0.829 bits per heavy atom. The summed E-state index contributed by atoms with van der Waals surface area (Å²) in [6.45, 7) is 0.124. The number of anilines is 1. The third kappa shape index (κ3) is 5.25. The molecule has 2 N–H and O–H groups in total. The number of imide groups is 1. The number of benzene rings is 4. The molecule has 0 spiro atoms. The van der Waals surface area contributed by atoms with Crippen LogP contribution in [0.5, 0.6) is 0 Å². The van der Waals surface area contributed by atoms with Gasteiger partial charge in [-0.25, -0.2) is 13.1 Å². The molecule has 0 bridgehead atoms. The van der Waals surface area contributed by atoms with Crippen LogP contribution in [0.4, 0.5) is 10.5 Å². The first-order valence-electron chi connectivity index (χ1n) is 12.3. The molecule has 1 fully saturated rings. The van der Waals surface area contributed by atoms with E-state index in [1.807, 2.05) is 42.5 Å². The number of amides is 3. The highest BCUT2D eigenvalue weighted by Crippen LogP contribution is 2.44. The Labute approximate surface area is 249 Å². The Bertz CT molecular complexity index is 1940. The van der Waals surface area contributed by atoms with Crippen LogP contribution in [0, 0.1) is 0 Å². The van der Waals surface area contributed by atoms with Crippen molar-refractivity contribution in [3.63, 3.8) is 0 Å². The number of carbonyl (C=O) groups excluding carboxylic acids is 3. The summed E-state index contributed by atoms with van der Waals surface area (Å²) in [5.41, 5.74) is 2.02. The molecule has 2 aliphatic rings. The molecule has 0 radical (unpaired) electrons. The van der Waals surface area contributed by atoms with E-state index in [1.165, 1.54) is 23.1 Å². The first-order valence-corrected chi connectivity index (χ1v) is 15.3. The second kappa shape index (κ2) is 10.6. The first kappa shape index (κ1) is 27.5. The second-order valence-corrected chi connectivity index (χ2v) is 12.9. The third-order valence-electron chi connectivity index (χ3n) is 6.75. The van der Waals surface area contributed by atoms with Crippen LogP contribution >= 0.6 is 35.0 Å². The maximum Gasteiger partial charge on any atom is 0.290 e. The second-order valence-electron chi connectivity index (χ2n) is 9.37. The van der Waals surface area contributed by atoms with Crippen LogP contribution in [0.15, 0.2) is 88.7 Å². The van der Waals surface area contributed by atoms with Crippen molar-refractivity contribution in [3.8, 4) is 0 Å². The SMILES string of the molecule is O=C1NC(=O)/C(=C2\C(=O)N(Cc3ccc(Cl)c(Cl)c3)c3ccc(S(=O)(=O)NCc4ccc5ccccc5c4)cc32)S1. The van der Waals surface area contributed by atoms with E-state index >= 15 is 0 Å². The average molecular weight is 625 g/mol. The minimum Gasteiger partial charge on any atom is -0.303 e. The predicted octanol–water partition coefficient (Wildman–Crippen LogP) is 5.87. The molecule has 0 atom stereocenters. The van der Waals surface area contributed by atoms with Crippen molar-refractivity contribution in [3.05, 3.63) is 111 Å². The van der Waals surface area contributed by atoms with Gasteiger partial charge in [0.1, 0.15) is 0 Å². The first-order chi connectivity index (χ1) is 19.6. The van der Waals surface area contributed by atoms with E-state index in [9.17, 15) is 22.8 Å². The molecular formula is C29H19Cl2N3O5S2. The van der Waals surface area contributed by atoms with Crippen LogP contribution in [0.3, 0.4) is 0 Å². The van der Waals surface area contributed by atoms with Crippen molar-refractivity contribution < 1.29 is 22.8 Å². The molecule has 4 aromatic rings. The Hall–Kier alpha value is -3.67. The van der Waals surface area contributed by atoms with Gasteiger partial charge in [0, 0.05) is 12.1 Å². The fraction of sp³-hybridized carbons (Fsp3) is 0.0690. The fourth-order valence-corrected chi connectivity index (χ4v) is 6.90. The molecule has 41 heavy (non-hydrogen) atoms. The van der Waals surface area contributed by atoms with Crippen molar-refractivity contribution in [1.82, 2.24) is 10.0 Å². The van der Waals surface area contributed by atoms with E-state index < -0.39 is 27.1 Å². The van der Waals surface area contributed by atoms with Gasteiger partial charge in [0.05, 0.1) is 37.7 Å². The van der Waals surface area contributed by atoms with E-state index in [1.54, 1.807) is 18.2 Å². The molecule has 2 aliphatic heterocycles. The van der Waals surface area contributed by atoms with E-state index in [0.29, 0.717) is 33.1 Å². The van der Waals surface area contributed by atoms with Gasteiger partial charge >= 0.3 is 0 Å². The lowest BCUT2D eigenvalue weighted by Crippen LogP contribution is -2.26. The standard InChI is InChI=1S/C29H19Cl2N3O5S2/c30-22-9-6-17(12-23(22)31)15-34-24-10-8-20(13-21(24)25(28(34)36)26-27(35)33-29(37)40-26)41(38,39)32-14-16-5-7-18-3-1-2-4-19(18)11-16/h1-13,32H,14-15H2,(H,33,35,37)/b26-25+. The van der Waals surface area contributed by atoms with E-state index in [4.69, 9.17) is 23.2 Å². The molecule has 0 aromatic heterocycles. The molecule has 1 saturated heterocycles. The predicted molar refractivity (Wildman–Crippen MR) is 160 cm³/mol. The minimum atomic E-state index is -4.02. The van der Waals surface area contributed by atoms with Crippen LogP contribution in [0.2, 0.25) is 10.0 Å². The lowest BCUT2D eigenvalue weighted by molar-refractivity contribution is -0.116. The van der Waals surface area contributed by atoms with E-state index in [0.717, 1.165) is 16.3 Å². The van der Waals surface area contributed by atoms with Crippen LogP contribution in [0.1, 0.15) is 16.7 Å². The van der Waals surface area contributed by atoms with Crippen molar-refractivity contribution in [2.24, 2.45) is 0 Å². The minimum absolute atomic E-state index is 0.0417. The summed E-state index contributed by atoms with van der Waals surface area (Å²) < 4.78 is 29.3. The molecular weight excluding hydrogens is 605 g/mol. The number of hydrogen-bond donors (Lipinski definition) is 2. The van der Waals surface area contributed by atoms with Crippen LogP contribution in [0.25, 0.3) is 16.3 Å². The number of nitrogens with zero attached hydrogens (tertiary/aromatic N) is 1. The van der Waals surface area contributed by atoms with Gasteiger partial charge in [-0.1, -0.05) is 65.7 Å². The maximum atomic E-state index is 13.7. The van der Waals surface area contributed by atoms with Gasteiger partial charge in [-0.2, -0.15) is 0 Å². The highest BCUT2D eigenvalue weighted by Gasteiger charge is 2.40. The Morgan fingerprint density at radius 3 is 2.32 bits per heavy atom. The lowest BCUT2D eigenvalue weighted by atomic mass is 10.1. The number of thioether (sulfide) groups is 1. The zero-order valence-electron chi connectivity index (χ0n) is 21.0. The smallest absolute Gasteiger partial charge is 0.290 e. The van der Waals surface area contributed by atoms with Crippen LogP contribution < -0.4 is 14.9 Å². The average Bonchev–Trinajstić information content (AvgIpc) is 3.42. The monoisotopic (exact) mass is 623 g/mol. The lowest BCUT2D eigenvalue weighted by Gasteiger charge is -2.18. The van der Waals surface area contributed by atoms with Crippen molar-refractivity contribution in [2.45, 2.75) is 18.0 Å². The van der Waals surface area contributed by atoms with Gasteiger partial charge in [-0.05, 0) is 70.1 Å². The molecule has 206 valence electrons. The number of fused-ring (bicyclic) bond motifs is 2. The van der Waals surface area contributed by atoms with E-state index in [-0.39, 0.29) is 34.0 Å². The maximum absolute atomic E-state index is 13.7. The largest absolute Gasteiger partial charge is 0.303 e. The Kier molecular flexibility index (Phi) is 7.13. The number of halogens is 2. The molecule has 2 heterocycles. The highest BCUT2D eigenvalue weighted by atomic mass is 35.5. The molecule has 4 aromatic carbocycles. The molecule has 12 heteroatoms.